The van der Waals surface area contributed by atoms with Crippen LogP contribution in [0.5, 0.6) is 0 Å². The smallest absolute Gasteiger partial charge is 0.108 e. The average Bonchev–Trinajstić information content (AvgIpc) is 2.52. The largest absolute Gasteiger partial charge is 0.332 e. The molecular formula is C12H20N2. The zero-order valence-corrected chi connectivity index (χ0v) is 9.08. The summed E-state index contributed by atoms with van der Waals surface area (Å²) in [5, 5.41) is 0. The Morgan fingerprint density at radius 2 is 2.00 bits per heavy atom. The summed E-state index contributed by atoms with van der Waals surface area (Å²) < 4.78 is 2.41. The molecule has 0 bridgehead atoms. The molecule has 1 aliphatic rings. The summed E-state index contributed by atoms with van der Waals surface area (Å²) >= 11 is 0. The molecule has 0 unspecified atom stereocenters. The van der Waals surface area contributed by atoms with Crippen LogP contribution in [0.15, 0.2) is 12.4 Å². The first-order valence-electron chi connectivity index (χ1n) is 5.93. The van der Waals surface area contributed by atoms with E-state index in [0.29, 0.717) is 0 Å². The van der Waals surface area contributed by atoms with Crippen molar-refractivity contribution in [3.8, 4) is 0 Å². The maximum atomic E-state index is 4.40. The third-order valence-corrected chi connectivity index (χ3v) is 3.28. The van der Waals surface area contributed by atoms with Crippen molar-refractivity contribution >= 4 is 0 Å². The minimum Gasteiger partial charge on any atom is -0.332 e. The van der Waals surface area contributed by atoms with Gasteiger partial charge in [0.15, 0.2) is 0 Å². The van der Waals surface area contributed by atoms with E-state index in [1.54, 1.807) is 0 Å². The van der Waals surface area contributed by atoms with E-state index in [1.807, 2.05) is 6.20 Å². The normalized spacial score (nSPS) is 19.5. The lowest BCUT2D eigenvalue weighted by Gasteiger charge is -2.18. The molecule has 0 N–H and O–H groups in total. The number of aryl methyl sites for hydroxylation is 1. The Bertz CT molecular complexity index is 270. The molecule has 1 heterocycles. The van der Waals surface area contributed by atoms with Gasteiger partial charge in [-0.05, 0) is 12.8 Å². The van der Waals surface area contributed by atoms with Gasteiger partial charge < -0.3 is 4.57 Å². The second-order valence-corrected chi connectivity index (χ2v) is 4.25. The molecule has 0 spiro atoms. The van der Waals surface area contributed by atoms with E-state index >= 15 is 0 Å². The summed E-state index contributed by atoms with van der Waals surface area (Å²) in [7, 11) is 0. The number of nitrogens with zero attached hydrogens (tertiary/aromatic N) is 2. The van der Waals surface area contributed by atoms with Crippen LogP contribution in [0.2, 0.25) is 0 Å². The van der Waals surface area contributed by atoms with Gasteiger partial charge in [0.2, 0.25) is 0 Å². The molecule has 1 aromatic heterocycles. The van der Waals surface area contributed by atoms with E-state index in [-0.39, 0.29) is 0 Å². The molecule has 0 atom stereocenters. The number of hydrogen-bond acceptors (Lipinski definition) is 1. The fourth-order valence-corrected chi connectivity index (χ4v) is 2.49. The monoisotopic (exact) mass is 192 g/mol. The van der Waals surface area contributed by atoms with E-state index < -0.39 is 0 Å². The lowest BCUT2D eigenvalue weighted by molar-refractivity contribution is 0.431. The summed E-state index contributed by atoms with van der Waals surface area (Å²) in [6.07, 6.45) is 13.5. The van der Waals surface area contributed by atoms with E-state index in [9.17, 15) is 0 Å². The maximum absolute atomic E-state index is 4.40. The van der Waals surface area contributed by atoms with Crippen LogP contribution in [0.25, 0.3) is 0 Å². The first-order chi connectivity index (χ1) is 6.92. The van der Waals surface area contributed by atoms with E-state index in [2.05, 4.69) is 22.7 Å². The van der Waals surface area contributed by atoms with Gasteiger partial charge in [0.1, 0.15) is 5.82 Å². The first kappa shape index (κ1) is 9.75. The maximum Gasteiger partial charge on any atom is 0.108 e. The van der Waals surface area contributed by atoms with Crippen molar-refractivity contribution in [3.05, 3.63) is 18.2 Å². The highest BCUT2D eigenvalue weighted by atomic mass is 15.1. The van der Waals surface area contributed by atoms with Crippen LogP contribution < -0.4 is 0 Å². The molecular weight excluding hydrogens is 172 g/mol. The predicted octanol–water partition coefficient (Wildman–Crippen LogP) is 3.34. The van der Waals surface area contributed by atoms with Crippen LogP contribution in [0.4, 0.5) is 0 Å². The van der Waals surface area contributed by atoms with Gasteiger partial charge in [0.25, 0.3) is 0 Å². The third-order valence-electron chi connectivity index (χ3n) is 3.28. The molecule has 1 fully saturated rings. The summed E-state index contributed by atoms with van der Waals surface area (Å²) in [5.41, 5.74) is 0. The molecule has 0 amide bonds. The molecule has 2 nitrogen and oxygen atoms in total. The van der Waals surface area contributed by atoms with Crippen LogP contribution in [0, 0.1) is 0 Å². The van der Waals surface area contributed by atoms with Gasteiger partial charge in [-0.25, -0.2) is 4.98 Å². The van der Waals surface area contributed by atoms with Gasteiger partial charge >= 0.3 is 0 Å². The zero-order chi connectivity index (χ0) is 9.80. The first-order valence-corrected chi connectivity index (χ1v) is 5.93. The summed E-state index contributed by atoms with van der Waals surface area (Å²) in [6, 6.07) is 0.731. The number of aromatic nitrogens is 2. The number of rotatable bonds is 2. The quantitative estimate of drug-likeness (QED) is 0.657. The lowest BCUT2D eigenvalue weighted by atomic mass is 10.1. The number of imidazole rings is 1. The zero-order valence-electron chi connectivity index (χ0n) is 9.08. The minimum absolute atomic E-state index is 0.731. The Morgan fingerprint density at radius 3 is 2.64 bits per heavy atom. The Morgan fingerprint density at radius 1 is 1.29 bits per heavy atom. The molecule has 0 aromatic carbocycles. The van der Waals surface area contributed by atoms with Crippen LogP contribution >= 0.6 is 0 Å². The van der Waals surface area contributed by atoms with E-state index in [4.69, 9.17) is 0 Å². The third kappa shape index (κ3) is 1.99. The molecule has 0 aliphatic heterocycles. The van der Waals surface area contributed by atoms with Crippen LogP contribution in [-0.4, -0.2) is 9.55 Å². The standard InChI is InChI=1S/C12H20N2/c1-2-12-13-9-10-14(12)11-7-5-3-4-6-8-11/h9-11H,2-8H2,1H3. The SMILES string of the molecule is CCc1nccn1C1CCCCCC1. The second-order valence-electron chi connectivity index (χ2n) is 4.25. The Balaban J connectivity index is 2.11. The second kappa shape index (κ2) is 4.63. The van der Waals surface area contributed by atoms with Crippen molar-refractivity contribution in [1.29, 1.82) is 0 Å². The summed E-state index contributed by atoms with van der Waals surface area (Å²) in [5.74, 6) is 1.26. The minimum atomic E-state index is 0.731. The molecule has 2 rings (SSSR count). The fraction of sp³-hybridized carbons (Fsp3) is 0.750. The molecule has 0 radical (unpaired) electrons. The van der Waals surface area contributed by atoms with Gasteiger partial charge in [-0.15, -0.1) is 0 Å². The highest BCUT2D eigenvalue weighted by Gasteiger charge is 2.15. The van der Waals surface area contributed by atoms with Gasteiger partial charge in [-0.2, -0.15) is 0 Å². The van der Waals surface area contributed by atoms with Crippen molar-refractivity contribution in [2.75, 3.05) is 0 Å². The lowest BCUT2D eigenvalue weighted by Crippen LogP contribution is -2.10. The highest BCUT2D eigenvalue weighted by Crippen LogP contribution is 2.27. The molecule has 1 aliphatic carbocycles. The van der Waals surface area contributed by atoms with Crippen molar-refractivity contribution in [3.63, 3.8) is 0 Å². The topological polar surface area (TPSA) is 17.8 Å². The van der Waals surface area contributed by atoms with Crippen molar-refractivity contribution in [2.45, 2.75) is 57.9 Å². The van der Waals surface area contributed by atoms with Crippen LogP contribution in [0.1, 0.15) is 57.3 Å². The van der Waals surface area contributed by atoms with Crippen LogP contribution in [-0.2, 0) is 6.42 Å². The van der Waals surface area contributed by atoms with E-state index in [1.165, 1.54) is 44.3 Å². The molecule has 2 heteroatoms. The van der Waals surface area contributed by atoms with Gasteiger partial charge in [-0.3, -0.25) is 0 Å². The van der Waals surface area contributed by atoms with Crippen molar-refractivity contribution in [1.82, 2.24) is 9.55 Å². The summed E-state index contributed by atoms with van der Waals surface area (Å²) in [6.45, 7) is 2.19. The Hall–Kier alpha value is -0.790. The average molecular weight is 192 g/mol. The predicted molar refractivity (Wildman–Crippen MR) is 58.3 cm³/mol. The molecule has 1 aromatic rings. The molecule has 1 saturated carbocycles. The molecule has 14 heavy (non-hydrogen) atoms. The van der Waals surface area contributed by atoms with Gasteiger partial charge in [-0.1, -0.05) is 32.6 Å². The molecule has 78 valence electrons. The van der Waals surface area contributed by atoms with Crippen molar-refractivity contribution in [2.24, 2.45) is 0 Å². The van der Waals surface area contributed by atoms with E-state index in [0.717, 1.165) is 12.5 Å². The summed E-state index contributed by atoms with van der Waals surface area (Å²) in [4.78, 5) is 4.40. The molecule has 0 saturated heterocycles. The number of hydrogen-bond donors (Lipinski definition) is 0. The Kier molecular flexibility index (Phi) is 3.22. The van der Waals surface area contributed by atoms with Crippen molar-refractivity contribution < 1.29 is 0 Å². The Labute approximate surface area is 86.3 Å². The highest BCUT2D eigenvalue weighted by molar-refractivity contribution is 4.95. The van der Waals surface area contributed by atoms with Crippen LogP contribution in [0.3, 0.4) is 0 Å². The van der Waals surface area contributed by atoms with Gasteiger partial charge in [0, 0.05) is 24.9 Å². The van der Waals surface area contributed by atoms with Gasteiger partial charge in [0.05, 0.1) is 0 Å². The fourth-order valence-electron chi connectivity index (χ4n) is 2.49.